The molecule has 1 N–H and O–H groups in total. The van der Waals surface area contributed by atoms with Crippen molar-refractivity contribution >= 4 is 33.6 Å². The summed E-state index contributed by atoms with van der Waals surface area (Å²) in [5.74, 6) is 0.887. The summed E-state index contributed by atoms with van der Waals surface area (Å²) in [5.41, 5.74) is 0.965. The number of fused-ring (bicyclic) bond motifs is 1. The average molecular weight is 377 g/mol. The van der Waals surface area contributed by atoms with Crippen molar-refractivity contribution < 1.29 is 13.2 Å². The molecule has 8 heteroatoms. The molecule has 0 spiro atoms. The van der Waals surface area contributed by atoms with Gasteiger partial charge in [0.25, 0.3) is 10.2 Å². The van der Waals surface area contributed by atoms with Crippen LogP contribution in [0.1, 0.15) is 31.9 Å². The summed E-state index contributed by atoms with van der Waals surface area (Å²) in [4.78, 5) is 1.09. The van der Waals surface area contributed by atoms with Crippen molar-refractivity contribution in [3.63, 3.8) is 0 Å². The number of benzene rings is 1. The van der Waals surface area contributed by atoms with Crippen LogP contribution in [0.15, 0.2) is 23.1 Å². The molecule has 0 bridgehead atoms. The van der Waals surface area contributed by atoms with Gasteiger partial charge in [-0.2, -0.15) is 17.4 Å². The molecule has 1 aromatic rings. The highest BCUT2D eigenvalue weighted by Gasteiger charge is 2.34. The Bertz CT molecular complexity index is 673. The SMILES string of the molecule is C[C@@H]1CN(S(=O)(=O)N[C@@H]2CCSc3ccc(Cl)cc32)C[C@@H](C)O1. The number of hydrogen-bond donors (Lipinski definition) is 1. The van der Waals surface area contributed by atoms with Crippen molar-refractivity contribution in [2.75, 3.05) is 18.8 Å². The minimum Gasteiger partial charge on any atom is -0.373 e. The molecule has 0 unspecified atom stereocenters. The summed E-state index contributed by atoms with van der Waals surface area (Å²) < 4.78 is 35.5. The van der Waals surface area contributed by atoms with Crippen LogP contribution in [0, 0.1) is 0 Å². The van der Waals surface area contributed by atoms with Gasteiger partial charge in [0.2, 0.25) is 0 Å². The van der Waals surface area contributed by atoms with Gasteiger partial charge in [0.15, 0.2) is 0 Å². The summed E-state index contributed by atoms with van der Waals surface area (Å²) in [6, 6.07) is 5.43. The standard InChI is InChI=1S/C15H21ClN2O3S2/c1-10-8-18(9-11(2)21-10)23(19,20)17-14-5-6-22-15-4-3-12(16)7-13(14)15/h3-4,7,10-11,14,17H,5-6,8-9H2,1-2H3/t10-,11-,14-/m1/s1. The summed E-state index contributed by atoms with van der Waals surface area (Å²) in [6.07, 6.45) is 0.560. The van der Waals surface area contributed by atoms with Crippen LogP contribution in [0.5, 0.6) is 0 Å². The molecule has 1 saturated heterocycles. The van der Waals surface area contributed by atoms with E-state index in [1.165, 1.54) is 4.31 Å². The first-order chi connectivity index (χ1) is 10.8. The van der Waals surface area contributed by atoms with Gasteiger partial charge in [0, 0.05) is 29.0 Å². The van der Waals surface area contributed by atoms with Crippen molar-refractivity contribution in [1.82, 2.24) is 9.03 Å². The van der Waals surface area contributed by atoms with E-state index in [-0.39, 0.29) is 18.2 Å². The predicted octanol–water partition coefficient (Wildman–Crippen LogP) is 2.82. The van der Waals surface area contributed by atoms with E-state index in [0.29, 0.717) is 18.1 Å². The van der Waals surface area contributed by atoms with Gasteiger partial charge in [0.1, 0.15) is 0 Å². The molecular formula is C15H21ClN2O3S2. The molecule has 3 rings (SSSR count). The third kappa shape index (κ3) is 4.03. The fourth-order valence-corrected chi connectivity index (χ4v) is 5.92. The van der Waals surface area contributed by atoms with Crippen LogP contribution in [0.4, 0.5) is 0 Å². The van der Waals surface area contributed by atoms with Gasteiger partial charge in [-0.1, -0.05) is 11.6 Å². The molecule has 0 saturated carbocycles. The molecule has 0 amide bonds. The summed E-state index contributed by atoms with van der Waals surface area (Å²) >= 11 is 7.82. The van der Waals surface area contributed by atoms with Gasteiger partial charge in [0.05, 0.1) is 12.2 Å². The maximum atomic E-state index is 12.8. The number of nitrogens with one attached hydrogen (secondary N) is 1. The number of hydrogen-bond acceptors (Lipinski definition) is 4. The van der Waals surface area contributed by atoms with Crippen molar-refractivity contribution in [2.45, 2.75) is 43.4 Å². The highest BCUT2D eigenvalue weighted by molar-refractivity contribution is 7.99. The smallest absolute Gasteiger partial charge is 0.280 e. The fraction of sp³-hybridized carbons (Fsp3) is 0.600. The number of rotatable bonds is 3. The van der Waals surface area contributed by atoms with Crippen molar-refractivity contribution in [2.24, 2.45) is 0 Å². The molecule has 0 aliphatic carbocycles. The van der Waals surface area contributed by atoms with Gasteiger partial charge in [-0.25, -0.2) is 0 Å². The van der Waals surface area contributed by atoms with E-state index >= 15 is 0 Å². The van der Waals surface area contributed by atoms with E-state index in [1.807, 2.05) is 32.0 Å². The molecule has 0 radical (unpaired) electrons. The minimum atomic E-state index is -3.55. The summed E-state index contributed by atoms with van der Waals surface area (Å²) in [6.45, 7) is 4.54. The van der Waals surface area contributed by atoms with E-state index < -0.39 is 10.2 Å². The van der Waals surface area contributed by atoms with E-state index in [4.69, 9.17) is 16.3 Å². The average Bonchev–Trinajstić information content (AvgIpc) is 2.46. The summed E-state index contributed by atoms with van der Waals surface area (Å²) in [7, 11) is -3.55. The Morgan fingerprint density at radius 2 is 2.00 bits per heavy atom. The van der Waals surface area contributed by atoms with Crippen LogP contribution in [0.25, 0.3) is 0 Å². The zero-order valence-electron chi connectivity index (χ0n) is 13.2. The molecule has 1 aromatic carbocycles. The number of nitrogens with zero attached hydrogens (tertiary/aromatic N) is 1. The second-order valence-corrected chi connectivity index (χ2v) is 9.34. The fourth-order valence-electron chi connectivity index (χ4n) is 3.07. The lowest BCUT2D eigenvalue weighted by Gasteiger charge is -2.36. The molecule has 128 valence electrons. The lowest BCUT2D eigenvalue weighted by molar-refractivity contribution is -0.0444. The molecule has 23 heavy (non-hydrogen) atoms. The van der Waals surface area contributed by atoms with Crippen molar-refractivity contribution in [1.29, 1.82) is 0 Å². The van der Waals surface area contributed by atoms with E-state index in [0.717, 1.165) is 22.6 Å². The second kappa shape index (κ2) is 6.90. The molecule has 1 fully saturated rings. The molecule has 5 nitrogen and oxygen atoms in total. The largest absolute Gasteiger partial charge is 0.373 e. The molecule has 2 aliphatic heterocycles. The maximum absolute atomic E-state index is 12.8. The number of morpholine rings is 1. The van der Waals surface area contributed by atoms with Crippen molar-refractivity contribution in [3.05, 3.63) is 28.8 Å². The Morgan fingerprint density at radius 3 is 2.70 bits per heavy atom. The summed E-state index contributed by atoms with van der Waals surface area (Å²) in [5, 5.41) is 0.629. The minimum absolute atomic E-state index is 0.0982. The Hall–Kier alpha value is -0.310. The first-order valence-corrected chi connectivity index (χ1v) is 10.5. The molecule has 2 aliphatic rings. The van der Waals surface area contributed by atoms with Crippen LogP contribution in [0.3, 0.4) is 0 Å². The first-order valence-electron chi connectivity index (χ1n) is 7.70. The van der Waals surface area contributed by atoms with E-state index in [9.17, 15) is 8.42 Å². The third-order valence-electron chi connectivity index (χ3n) is 4.03. The zero-order valence-corrected chi connectivity index (χ0v) is 15.5. The molecule has 3 atom stereocenters. The van der Waals surface area contributed by atoms with Gasteiger partial charge < -0.3 is 4.74 Å². The lowest BCUT2D eigenvalue weighted by atomic mass is 10.1. The van der Waals surface area contributed by atoms with E-state index in [2.05, 4.69) is 4.72 Å². The van der Waals surface area contributed by atoms with Gasteiger partial charge in [-0.3, -0.25) is 0 Å². The highest BCUT2D eigenvalue weighted by atomic mass is 35.5. The van der Waals surface area contributed by atoms with Gasteiger partial charge in [-0.15, -0.1) is 11.8 Å². The second-order valence-electron chi connectivity index (χ2n) is 6.07. The maximum Gasteiger partial charge on any atom is 0.280 e. The van der Waals surface area contributed by atoms with Crippen LogP contribution in [0.2, 0.25) is 5.02 Å². The Labute approximate surface area is 146 Å². The van der Waals surface area contributed by atoms with Gasteiger partial charge in [-0.05, 0) is 49.8 Å². The molecule has 2 heterocycles. The first kappa shape index (κ1) is 17.5. The molecular weight excluding hydrogens is 356 g/mol. The number of thioether (sulfide) groups is 1. The van der Waals surface area contributed by atoms with Crippen LogP contribution < -0.4 is 4.72 Å². The van der Waals surface area contributed by atoms with Crippen molar-refractivity contribution in [3.8, 4) is 0 Å². The van der Waals surface area contributed by atoms with Gasteiger partial charge >= 0.3 is 0 Å². The Balaban J connectivity index is 1.80. The quantitative estimate of drug-likeness (QED) is 0.881. The highest BCUT2D eigenvalue weighted by Crippen LogP contribution is 2.38. The third-order valence-corrected chi connectivity index (χ3v) is 6.95. The van der Waals surface area contributed by atoms with E-state index in [1.54, 1.807) is 11.8 Å². The lowest BCUT2D eigenvalue weighted by Crippen LogP contribution is -2.52. The molecule has 0 aromatic heterocycles. The zero-order chi connectivity index (χ0) is 16.6. The topological polar surface area (TPSA) is 58.6 Å². The normalized spacial score (nSPS) is 29.3. The van der Waals surface area contributed by atoms with Crippen LogP contribution in [-0.2, 0) is 14.9 Å². The van der Waals surface area contributed by atoms with Crippen LogP contribution >= 0.6 is 23.4 Å². The van der Waals surface area contributed by atoms with Crippen LogP contribution in [-0.4, -0.2) is 43.8 Å². The monoisotopic (exact) mass is 376 g/mol. The number of halogens is 1. The Kier molecular flexibility index (Phi) is 5.25. The number of ether oxygens (including phenoxy) is 1. The Morgan fingerprint density at radius 1 is 1.30 bits per heavy atom. The predicted molar refractivity (Wildman–Crippen MR) is 93.2 cm³/mol.